The summed E-state index contributed by atoms with van der Waals surface area (Å²) in [7, 11) is 1.38. The normalized spacial score (nSPS) is 19.7. The minimum absolute atomic E-state index is 0.308. The van der Waals surface area contributed by atoms with E-state index in [0.717, 1.165) is 31.7 Å². The van der Waals surface area contributed by atoms with Gasteiger partial charge in [0, 0.05) is 18.3 Å². The van der Waals surface area contributed by atoms with Crippen LogP contribution < -0.4 is 5.32 Å². The Morgan fingerprint density at radius 2 is 2.18 bits per heavy atom. The third-order valence-corrected chi connectivity index (χ3v) is 2.84. The van der Waals surface area contributed by atoms with Gasteiger partial charge in [0.05, 0.1) is 19.3 Å². The highest BCUT2D eigenvalue weighted by molar-refractivity contribution is 5.89. The molecule has 2 rings (SSSR count). The summed E-state index contributed by atoms with van der Waals surface area (Å²) in [5, 5.41) is 3.39. The zero-order chi connectivity index (χ0) is 12.1. The zero-order valence-electron chi connectivity index (χ0n) is 9.94. The van der Waals surface area contributed by atoms with E-state index in [0.29, 0.717) is 11.6 Å². The molecule has 0 aromatic heterocycles. The smallest absolute Gasteiger partial charge is 0.337 e. The summed E-state index contributed by atoms with van der Waals surface area (Å²) < 4.78 is 10.0. The van der Waals surface area contributed by atoms with Crippen LogP contribution in [-0.4, -0.2) is 32.3 Å². The second-order valence-corrected chi connectivity index (χ2v) is 4.13. The predicted octanol–water partition coefficient (Wildman–Crippen LogP) is 2.06. The van der Waals surface area contributed by atoms with E-state index in [1.807, 2.05) is 12.1 Å². The van der Waals surface area contributed by atoms with E-state index in [1.165, 1.54) is 7.11 Å². The molecule has 1 heterocycles. The summed E-state index contributed by atoms with van der Waals surface area (Å²) in [5.41, 5.74) is 1.58. The number of methoxy groups -OCH3 is 1. The van der Waals surface area contributed by atoms with Crippen LogP contribution in [0.15, 0.2) is 24.3 Å². The van der Waals surface area contributed by atoms with Gasteiger partial charge in [-0.15, -0.1) is 0 Å². The van der Waals surface area contributed by atoms with Gasteiger partial charge in [0.25, 0.3) is 0 Å². The second-order valence-electron chi connectivity index (χ2n) is 4.13. The van der Waals surface area contributed by atoms with Crippen molar-refractivity contribution in [3.63, 3.8) is 0 Å². The molecule has 1 aliphatic rings. The van der Waals surface area contributed by atoms with Crippen LogP contribution in [0.25, 0.3) is 0 Å². The molecule has 4 heteroatoms. The Bertz CT molecular complexity index is 369. The van der Waals surface area contributed by atoms with Gasteiger partial charge in [0.2, 0.25) is 0 Å². The molecule has 0 aliphatic carbocycles. The number of nitrogens with one attached hydrogen (secondary N) is 1. The summed E-state index contributed by atoms with van der Waals surface area (Å²) in [6.45, 7) is 1.61. The van der Waals surface area contributed by atoms with Gasteiger partial charge in [-0.05, 0) is 37.1 Å². The topological polar surface area (TPSA) is 47.6 Å². The number of anilines is 1. The second kappa shape index (κ2) is 5.68. The fourth-order valence-corrected chi connectivity index (χ4v) is 1.91. The van der Waals surface area contributed by atoms with Crippen molar-refractivity contribution in [2.75, 3.05) is 25.6 Å². The highest BCUT2D eigenvalue weighted by atomic mass is 16.5. The van der Waals surface area contributed by atoms with Gasteiger partial charge in [-0.2, -0.15) is 0 Å². The standard InChI is InChI=1S/C13H17NO3/c1-16-13(15)10-4-6-11(7-5-10)14-12-3-2-8-17-9-12/h4-7,12,14H,2-3,8-9H2,1H3. The molecule has 17 heavy (non-hydrogen) atoms. The van der Waals surface area contributed by atoms with Gasteiger partial charge in [0.1, 0.15) is 0 Å². The summed E-state index contributed by atoms with van der Waals surface area (Å²) in [4.78, 5) is 11.3. The van der Waals surface area contributed by atoms with E-state index in [4.69, 9.17) is 4.74 Å². The Morgan fingerprint density at radius 1 is 1.41 bits per heavy atom. The van der Waals surface area contributed by atoms with Crippen molar-refractivity contribution < 1.29 is 14.3 Å². The maximum Gasteiger partial charge on any atom is 0.337 e. The maximum atomic E-state index is 11.3. The Labute approximate surface area is 101 Å². The van der Waals surface area contributed by atoms with Crippen molar-refractivity contribution >= 4 is 11.7 Å². The Hall–Kier alpha value is -1.55. The minimum Gasteiger partial charge on any atom is -0.465 e. The number of carbonyl (C=O) groups is 1. The molecule has 1 aromatic carbocycles. The monoisotopic (exact) mass is 235 g/mol. The van der Waals surface area contributed by atoms with Crippen molar-refractivity contribution in [1.82, 2.24) is 0 Å². The number of esters is 1. The minimum atomic E-state index is -0.308. The van der Waals surface area contributed by atoms with Gasteiger partial charge in [-0.3, -0.25) is 0 Å². The number of ether oxygens (including phenoxy) is 2. The largest absolute Gasteiger partial charge is 0.465 e. The van der Waals surface area contributed by atoms with Crippen LogP contribution in [0.5, 0.6) is 0 Å². The quantitative estimate of drug-likeness (QED) is 0.815. The highest BCUT2D eigenvalue weighted by Gasteiger charge is 2.13. The molecule has 1 aliphatic heterocycles. The van der Waals surface area contributed by atoms with Gasteiger partial charge in [-0.1, -0.05) is 0 Å². The molecule has 0 amide bonds. The van der Waals surface area contributed by atoms with E-state index >= 15 is 0 Å². The Kier molecular flexibility index (Phi) is 3.98. The molecule has 0 spiro atoms. The molecule has 0 radical (unpaired) electrons. The summed E-state index contributed by atoms with van der Waals surface area (Å²) in [6, 6.07) is 7.67. The molecule has 1 N–H and O–H groups in total. The number of carbonyl (C=O) groups excluding carboxylic acids is 1. The molecule has 0 bridgehead atoms. The lowest BCUT2D eigenvalue weighted by Crippen LogP contribution is -2.29. The lowest BCUT2D eigenvalue weighted by Gasteiger charge is -2.24. The van der Waals surface area contributed by atoms with Crippen molar-refractivity contribution in [3.8, 4) is 0 Å². The molecule has 1 aromatic rings. The molecule has 4 nitrogen and oxygen atoms in total. The van der Waals surface area contributed by atoms with Gasteiger partial charge >= 0.3 is 5.97 Å². The Balaban J connectivity index is 1.95. The van der Waals surface area contributed by atoms with Crippen LogP contribution in [0.4, 0.5) is 5.69 Å². The van der Waals surface area contributed by atoms with E-state index < -0.39 is 0 Å². The number of hydrogen-bond acceptors (Lipinski definition) is 4. The van der Waals surface area contributed by atoms with Crippen LogP contribution in [-0.2, 0) is 9.47 Å². The van der Waals surface area contributed by atoms with Gasteiger partial charge in [-0.25, -0.2) is 4.79 Å². The molecular weight excluding hydrogens is 218 g/mol. The predicted molar refractivity (Wildman–Crippen MR) is 65.2 cm³/mol. The van der Waals surface area contributed by atoms with Crippen LogP contribution in [0, 0.1) is 0 Å². The van der Waals surface area contributed by atoms with Gasteiger partial charge in [0.15, 0.2) is 0 Å². The average molecular weight is 235 g/mol. The fourth-order valence-electron chi connectivity index (χ4n) is 1.91. The molecular formula is C13H17NO3. The lowest BCUT2D eigenvalue weighted by molar-refractivity contribution is 0.0600. The number of benzene rings is 1. The van der Waals surface area contributed by atoms with Crippen molar-refractivity contribution in [3.05, 3.63) is 29.8 Å². The van der Waals surface area contributed by atoms with E-state index in [1.54, 1.807) is 12.1 Å². The number of hydrogen-bond donors (Lipinski definition) is 1. The van der Waals surface area contributed by atoms with E-state index in [2.05, 4.69) is 10.1 Å². The number of rotatable bonds is 3. The molecule has 1 atom stereocenters. The van der Waals surface area contributed by atoms with Crippen molar-refractivity contribution in [2.24, 2.45) is 0 Å². The summed E-state index contributed by atoms with van der Waals surface area (Å²) >= 11 is 0. The van der Waals surface area contributed by atoms with Crippen molar-refractivity contribution in [1.29, 1.82) is 0 Å². The maximum absolute atomic E-state index is 11.3. The lowest BCUT2D eigenvalue weighted by atomic mass is 10.1. The molecule has 1 fully saturated rings. The van der Waals surface area contributed by atoms with Crippen LogP contribution >= 0.6 is 0 Å². The van der Waals surface area contributed by atoms with Gasteiger partial charge < -0.3 is 14.8 Å². The first-order valence-electron chi connectivity index (χ1n) is 5.82. The van der Waals surface area contributed by atoms with Crippen LogP contribution in [0.1, 0.15) is 23.2 Å². The average Bonchev–Trinajstić information content (AvgIpc) is 2.40. The SMILES string of the molecule is COC(=O)c1ccc(NC2CCCOC2)cc1. The summed E-state index contributed by atoms with van der Waals surface area (Å²) in [6.07, 6.45) is 2.22. The first kappa shape index (κ1) is 11.9. The zero-order valence-corrected chi connectivity index (χ0v) is 9.94. The first-order valence-corrected chi connectivity index (χ1v) is 5.82. The molecule has 1 unspecified atom stereocenters. The fraction of sp³-hybridized carbons (Fsp3) is 0.462. The summed E-state index contributed by atoms with van der Waals surface area (Å²) in [5.74, 6) is -0.308. The van der Waals surface area contributed by atoms with Crippen molar-refractivity contribution in [2.45, 2.75) is 18.9 Å². The molecule has 92 valence electrons. The third kappa shape index (κ3) is 3.20. The molecule has 1 saturated heterocycles. The van der Waals surface area contributed by atoms with E-state index in [9.17, 15) is 4.79 Å². The van der Waals surface area contributed by atoms with Crippen LogP contribution in [0.3, 0.4) is 0 Å². The third-order valence-electron chi connectivity index (χ3n) is 2.84. The highest BCUT2D eigenvalue weighted by Crippen LogP contribution is 2.15. The Morgan fingerprint density at radius 3 is 2.76 bits per heavy atom. The molecule has 0 saturated carbocycles. The first-order chi connectivity index (χ1) is 8.29. The van der Waals surface area contributed by atoms with E-state index in [-0.39, 0.29) is 5.97 Å². The van der Waals surface area contributed by atoms with Crippen LogP contribution in [0.2, 0.25) is 0 Å².